The monoisotopic (exact) mass is 535 g/mol. The van der Waals surface area contributed by atoms with Gasteiger partial charge in [-0.05, 0) is 43.4 Å². The lowest BCUT2D eigenvalue weighted by Crippen LogP contribution is -2.52. The second kappa shape index (κ2) is 9.28. The van der Waals surface area contributed by atoms with Gasteiger partial charge in [-0.25, -0.2) is 4.39 Å². The number of halogens is 3. The smallest absolute Gasteiger partial charge is 0.305 e. The van der Waals surface area contributed by atoms with Crippen LogP contribution < -0.4 is 5.32 Å². The second-order valence-electron chi connectivity index (χ2n) is 9.58. The first-order valence-electron chi connectivity index (χ1n) is 11.7. The lowest BCUT2D eigenvalue weighted by Gasteiger charge is -2.38. The maximum absolute atomic E-state index is 15.6. The molecule has 4 atom stereocenters. The molecule has 2 aromatic rings. The molecule has 0 unspecified atom stereocenters. The van der Waals surface area contributed by atoms with E-state index in [4.69, 9.17) is 27.9 Å². The number of hydrogen-bond donors (Lipinski definition) is 1. The molecule has 0 bridgehead atoms. The summed E-state index contributed by atoms with van der Waals surface area (Å²) in [5.41, 5.74) is -0.679. The number of esters is 1. The zero-order valence-electron chi connectivity index (χ0n) is 19.4. The minimum absolute atomic E-state index is 0.0106. The number of anilines is 1. The van der Waals surface area contributed by atoms with E-state index < -0.39 is 46.2 Å². The molecule has 1 spiro atoms. The standard InChI is InChI=1S/C25H24Cl2FN3O5/c1-36-20(32)10-9-19-23(31(34)35)21(15-3-2-4-17(27)22(15)28)25(30(19)12-13-5-6-13)16-8-7-14(26)11-18(16)29-24(25)33/h2-4,7-8,11,13,19,21,23H,5-6,9-10,12H2,1H3,(H,29,33)/t19-,21-,23+,25+/m0/s1. The number of hydrogen-bond acceptors (Lipinski definition) is 6. The SMILES string of the molecule is COC(=O)CC[C@H]1[C@@H]([N+](=O)[O-])[C@H](c2cccc(Cl)c2F)[C@]2(C(=O)Nc3cc(Cl)ccc32)N1CC1CC1. The number of methoxy groups -OCH3 is 1. The minimum Gasteiger partial charge on any atom is -0.469 e. The Bertz CT molecular complexity index is 1260. The Hall–Kier alpha value is -2.75. The summed E-state index contributed by atoms with van der Waals surface area (Å²) in [7, 11) is 1.25. The molecule has 190 valence electrons. The number of carbonyl (C=O) groups excluding carboxylic acids is 2. The van der Waals surface area contributed by atoms with Crippen molar-refractivity contribution in [1.82, 2.24) is 4.90 Å². The van der Waals surface area contributed by atoms with E-state index in [9.17, 15) is 19.7 Å². The molecule has 36 heavy (non-hydrogen) atoms. The highest BCUT2D eigenvalue weighted by Crippen LogP contribution is 2.59. The average Bonchev–Trinajstić information content (AvgIpc) is 3.55. The van der Waals surface area contributed by atoms with Crippen molar-refractivity contribution in [3.8, 4) is 0 Å². The Kier molecular flexibility index (Phi) is 6.43. The number of carbonyl (C=O) groups is 2. The summed E-state index contributed by atoms with van der Waals surface area (Å²) >= 11 is 12.3. The van der Waals surface area contributed by atoms with Crippen LogP contribution in [-0.4, -0.2) is 47.4 Å². The third-order valence-electron chi connectivity index (χ3n) is 7.61. The average molecular weight is 536 g/mol. The van der Waals surface area contributed by atoms with Crippen molar-refractivity contribution in [2.75, 3.05) is 19.0 Å². The van der Waals surface area contributed by atoms with E-state index in [0.29, 0.717) is 22.8 Å². The van der Waals surface area contributed by atoms with E-state index in [-0.39, 0.29) is 29.3 Å². The zero-order chi connectivity index (χ0) is 25.8. The van der Waals surface area contributed by atoms with Crippen molar-refractivity contribution in [3.63, 3.8) is 0 Å². The number of amides is 1. The van der Waals surface area contributed by atoms with Gasteiger partial charge in [0.15, 0.2) is 0 Å². The van der Waals surface area contributed by atoms with Gasteiger partial charge >= 0.3 is 5.97 Å². The zero-order valence-corrected chi connectivity index (χ0v) is 20.9. The summed E-state index contributed by atoms with van der Waals surface area (Å²) in [4.78, 5) is 40.2. The number of likely N-dealkylation sites (tertiary alicyclic amines) is 1. The van der Waals surface area contributed by atoms with Gasteiger partial charge in [0.2, 0.25) is 6.04 Å². The van der Waals surface area contributed by atoms with E-state index in [2.05, 4.69) is 5.32 Å². The third kappa shape index (κ3) is 3.84. The van der Waals surface area contributed by atoms with Crippen LogP contribution in [0.4, 0.5) is 10.1 Å². The first-order valence-corrected chi connectivity index (χ1v) is 12.5. The number of fused-ring (bicyclic) bond motifs is 2. The van der Waals surface area contributed by atoms with Crippen LogP contribution in [0, 0.1) is 21.8 Å². The molecule has 5 rings (SSSR count). The van der Waals surface area contributed by atoms with E-state index >= 15 is 4.39 Å². The quantitative estimate of drug-likeness (QED) is 0.311. The molecule has 1 aliphatic carbocycles. The van der Waals surface area contributed by atoms with Gasteiger partial charge in [-0.3, -0.25) is 24.6 Å². The molecule has 2 fully saturated rings. The van der Waals surface area contributed by atoms with Gasteiger partial charge in [-0.1, -0.05) is 41.4 Å². The molecule has 2 heterocycles. The molecule has 3 aliphatic rings. The fourth-order valence-electron chi connectivity index (χ4n) is 5.96. The molecule has 11 heteroatoms. The van der Waals surface area contributed by atoms with E-state index in [0.717, 1.165) is 12.8 Å². The van der Waals surface area contributed by atoms with Gasteiger partial charge in [-0.15, -0.1) is 0 Å². The molecule has 2 aromatic carbocycles. The number of benzene rings is 2. The Morgan fingerprint density at radius 3 is 2.72 bits per heavy atom. The maximum Gasteiger partial charge on any atom is 0.305 e. The molecule has 1 amide bonds. The number of nitro groups is 1. The largest absolute Gasteiger partial charge is 0.469 e. The molecular formula is C25H24Cl2FN3O5. The van der Waals surface area contributed by atoms with E-state index in [1.165, 1.54) is 25.3 Å². The number of nitrogens with one attached hydrogen (secondary N) is 1. The van der Waals surface area contributed by atoms with Crippen molar-refractivity contribution in [1.29, 1.82) is 0 Å². The van der Waals surface area contributed by atoms with Gasteiger partial charge in [0.05, 0.1) is 24.1 Å². The van der Waals surface area contributed by atoms with Crippen LogP contribution in [0.25, 0.3) is 0 Å². The lowest BCUT2D eigenvalue weighted by molar-refractivity contribution is -0.528. The summed E-state index contributed by atoms with van der Waals surface area (Å²) in [5.74, 6) is -2.78. The predicted molar refractivity (Wildman–Crippen MR) is 131 cm³/mol. The first-order chi connectivity index (χ1) is 17.2. The topological polar surface area (TPSA) is 102 Å². The van der Waals surface area contributed by atoms with Crippen molar-refractivity contribution < 1.29 is 23.6 Å². The van der Waals surface area contributed by atoms with Crippen LogP contribution in [0.15, 0.2) is 36.4 Å². The molecular weight excluding hydrogens is 512 g/mol. The second-order valence-corrected chi connectivity index (χ2v) is 10.4. The molecule has 0 aromatic heterocycles. The van der Waals surface area contributed by atoms with Crippen LogP contribution in [0.1, 0.15) is 42.7 Å². The van der Waals surface area contributed by atoms with Crippen LogP contribution in [0.2, 0.25) is 10.0 Å². The summed E-state index contributed by atoms with van der Waals surface area (Å²) in [6, 6.07) is 6.98. The number of rotatable bonds is 7. The van der Waals surface area contributed by atoms with Gasteiger partial charge in [0.25, 0.3) is 5.91 Å². The number of ether oxygens (including phenoxy) is 1. The van der Waals surface area contributed by atoms with Crippen LogP contribution >= 0.6 is 23.2 Å². The normalized spacial score (nSPS) is 27.2. The maximum atomic E-state index is 15.6. The van der Waals surface area contributed by atoms with Crippen LogP contribution in [0.3, 0.4) is 0 Å². The highest BCUT2D eigenvalue weighted by atomic mass is 35.5. The van der Waals surface area contributed by atoms with Crippen LogP contribution in [-0.2, 0) is 19.9 Å². The van der Waals surface area contributed by atoms with Crippen molar-refractivity contribution >= 4 is 40.8 Å². The highest BCUT2D eigenvalue weighted by molar-refractivity contribution is 6.31. The van der Waals surface area contributed by atoms with Gasteiger partial charge < -0.3 is 10.1 Å². The Morgan fingerprint density at radius 1 is 1.31 bits per heavy atom. The first kappa shape index (κ1) is 24.9. The van der Waals surface area contributed by atoms with E-state index in [1.54, 1.807) is 18.2 Å². The third-order valence-corrected chi connectivity index (χ3v) is 8.14. The molecule has 1 N–H and O–H groups in total. The number of nitrogens with zero attached hydrogens (tertiary/aromatic N) is 2. The molecule has 2 aliphatic heterocycles. The highest BCUT2D eigenvalue weighted by Gasteiger charge is 2.71. The van der Waals surface area contributed by atoms with Crippen LogP contribution in [0.5, 0.6) is 0 Å². The molecule has 1 saturated heterocycles. The Morgan fingerprint density at radius 2 is 2.06 bits per heavy atom. The molecule has 8 nitrogen and oxygen atoms in total. The molecule has 1 saturated carbocycles. The Labute approximate surface area is 216 Å². The summed E-state index contributed by atoms with van der Waals surface area (Å²) in [6.45, 7) is 0.393. The van der Waals surface area contributed by atoms with Crippen molar-refractivity contribution in [2.45, 2.75) is 49.2 Å². The van der Waals surface area contributed by atoms with Gasteiger partial charge in [-0.2, -0.15) is 0 Å². The fraction of sp³-hybridized carbons (Fsp3) is 0.440. The Balaban J connectivity index is 1.78. The van der Waals surface area contributed by atoms with Gasteiger partial charge in [0.1, 0.15) is 11.4 Å². The summed E-state index contributed by atoms with van der Waals surface area (Å²) in [5, 5.41) is 15.8. The fourth-order valence-corrected chi connectivity index (χ4v) is 6.32. The van der Waals surface area contributed by atoms with Crippen molar-refractivity contribution in [2.24, 2.45) is 5.92 Å². The minimum atomic E-state index is -1.59. The van der Waals surface area contributed by atoms with Crippen molar-refractivity contribution in [3.05, 3.63) is 73.5 Å². The summed E-state index contributed by atoms with van der Waals surface area (Å²) < 4.78 is 20.4. The summed E-state index contributed by atoms with van der Waals surface area (Å²) in [6.07, 6.45) is 1.83. The predicted octanol–water partition coefficient (Wildman–Crippen LogP) is 4.76. The van der Waals surface area contributed by atoms with Gasteiger partial charge in [0, 0.05) is 39.7 Å². The molecule has 0 radical (unpaired) electrons. The lowest BCUT2D eigenvalue weighted by atomic mass is 9.73. The van der Waals surface area contributed by atoms with E-state index in [1.807, 2.05) is 4.90 Å².